The molecule has 0 N–H and O–H groups in total. The third-order valence-corrected chi connectivity index (χ3v) is 4.82. The van der Waals surface area contributed by atoms with Crippen molar-refractivity contribution in [3.8, 4) is 5.82 Å². The number of carbonyl (C=O) groups is 1. The van der Waals surface area contributed by atoms with Gasteiger partial charge in [0.05, 0.1) is 10.6 Å². The van der Waals surface area contributed by atoms with Crippen molar-refractivity contribution in [2.75, 3.05) is 0 Å². The maximum atomic E-state index is 14.8. The summed E-state index contributed by atoms with van der Waals surface area (Å²) in [5.74, 6) is -0.373. The van der Waals surface area contributed by atoms with Crippen LogP contribution in [0.5, 0.6) is 0 Å². The van der Waals surface area contributed by atoms with Crippen LogP contribution in [0.25, 0.3) is 11.3 Å². The van der Waals surface area contributed by atoms with Gasteiger partial charge in [0.25, 0.3) is 5.56 Å². The van der Waals surface area contributed by atoms with E-state index < -0.39 is 11.4 Å². The zero-order valence-corrected chi connectivity index (χ0v) is 13.4. The predicted molar refractivity (Wildman–Crippen MR) is 87.8 cm³/mol. The lowest BCUT2D eigenvalue weighted by Gasteiger charge is -2.12. The highest BCUT2D eigenvalue weighted by atomic mass is 35.5. The number of pyridine rings is 1. The van der Waals surface area contributed by atoms with Crippen molar-refractivity contribution in [2.45, 2.75) is 25.7 Å². The first-order chi connectivity index (χ1) is 11.6. The number of rotatable bonds is 2. The Morgan fingerprint density at radius 2 is 2.04 bits per heavy atom. The maximum absolute atomic E-state index is 14.8. The molecule has 0 unspecified atom stereocenters. The molecule has 0 aliphatic heterocycles. The largest absolute Gasteiger partial charge is 0.312 e. The first kappa shape index (κ1) is 15.1. The van der Waals surface area contributed by atoms with Gasteiger partial charge in [-0.3, -0.25) is 14.2 Å². The van der Waals surface area contributed by atoms with E-state index in [2.05, 4.69) is 4.98 Å². The molecule has 0 amide bonds. The molecule has 0 spiro atoms. The minimum absolute atomic E-state index is 0.0111. The van der Waals surface area contributed by atoms with E-state index in [1.807, 2.05) is 0 Å². The lowest BCUT2D eigenvalue weighted by atomic mass is 9.98. The Hall–Kier alpha value is -2.47. The summed E-state index contributed by atoms with van der Waals surface area (Å²) < 4.78 is 17.6. The number of aryl methyl sites for hydroxylation is 1. The van der Waals surface area contributed by atoms with Gasteiger partial charge >= 0.3 is 0 Å². The first-order valence-corrected chi connectivity index (χ1v) is 8.04. The van der Waals surface area contributed by atoms with E-state index in [1.54, 1.807) is 10.6 Å². The second-order valence-corrected chi connectivity index (χ2v) is 6.19. The number of aromatic nitrogens is 3. The molecule has 0 radical (unpaired) electrons. The molecular weight excluding hydrogens is 333 g/mol. The number of halogens is 2. The van der Waals surface area contributed by atoms with Gasteiger partial charge in [-0.15, -0.1) is 0 Å². The molecule has 7 heteroatoms. The van der Waals surface area contributed by atoms with Crippen LogP contribution in [-0.2, 0) is 12.8 Å². The van der Waals surface area contributed by atoms with Gasteiger partial charge in [0.2, 0.25) is 0 Å². The van der Waals surface area contributed by atoms with Crippen LogP contribution in [0.4, 0.5) is 4.39 Å². The minimum atomic E-state index is -0.553. The summed E-state index contributed by atoms with van der Waals surface area (Å²) in [5.41, 5.74) is 1.01. The highest BCUT2D eigenvalue weighted by Gasteiger charge is 2.24. The number of hydrogen-bond acceptors (Lipinski definition) is 3. The molecular formula is C17H13ClFN3O2. The van der Waals surface area contributed by atoms with Crippen LogP contribution in [-0.4, -0.2) is 20.2 Å². The Morgan fingerprint density at radius 1 is 1.25 bits per heavy atom. The van der Waals surface area contributed by atoms with E-state index in [9.17, 15) is 14.0 Å². The van der Waals surface area contributed by atoms with Crippen molar-refractivity contribution >= 4 is 23.4 Å². The quantitative estimate of drug-likeness (QED) is 0.671. The van der Waals surface area contributed by atoms with Crippen LogP contribution in [0.15, 0.2) is 29.5 Å². The second-order valence-electron chi connectivity index (χ2n) is 5.79. The highest BCUT2D eigenvalue weighted by molar-refractivity contribution is 6.33. The number of fused-ring (bicyclic) bond motifs is 3. The monoisotopic (exact) mass is 345 g/mol. The zero-order chi connectivity index (χ0) is 16.8. The van der Waals surface area contributed by atoms with Gasteiger partial charge in [-0.1, -0.05) is 11.6 Å². The zero-order valence-electron chi connectivity index (χ0n) is 12.6. The van der Waals surface area contributed by atoms with E-state index in [-0.39, 0.29) is 21.9 Å². The van der Waals surface area contributed by atoms with Crippen molar-refractivity contribution in [3.63, 3.8) is 0 Å². The normalized spacial score (nSPS) is 13.9. The molecule has 1 aliphatic carbocycles. The second kappa shape index (κ2) is 5.56. The van der Waals surface area contributed by atoms with E-state index >= 15 is 0 Å². The summed E-state index contributed by atoms with van der Waals surface area (Å²) >= 11 is 6.00. The molecule has 24 heavy (non-hydrogen) atoms. The average Bonchev–Trinajstić information content (AvgIpc) is 2.89. The summed E-state index contributed by atoms with van der Waals surface area (Å²) in [5, 5.41) is 0.192. The molecule has 3 aromatic heterocycles. The average molecular weight is 346 g/mol. The summed E-state index contributed by atoms with van der Waals surface area (Å²) in [6.07, 6.45) is 8.36. The molecule has 0 fully saturated rings. The van der Waals surface area contributed by atoms with E-state index in [0.717, 1.165) is 25.0 Å². The Labute approximate surface area is 141 Å². The molecule has 0 atom stereocenters. The van der Waals surface area contributed by atoms with Crippen molar-refractivity contribution in [1.82, 2.24) is 14.0 Å². The lowest BCUT2D eigenvalue weighted by molar-refractivity contribution is 0.112. The molecule has 3 aromatic rings. The third-order valence-electron chi connectivity index (χ3n) is 4.49. The minimum Gasteiger partial charge on any atom is -0.312 e. The van der Waals surface area contributed by atoms with Gasteiger partial charge < -0.3 is 4.40 Å². The molecule has 0 saturated heterocycles. The summed E-state index contributed by atoms with van der Waals surface area (Å²) in [6.45, 7) is 0. The Kier molecular flexibility index (Phi) is 3.49. The fourth-order valence-corrected chi connectivity index (χ4v) is 3.54. The molecule has 5 nitrogen and oxygen atoms in total. The van der Waals surface area contributed by atoms with Crippen molar-refractivity contribution < 1.29 is 9.18 Å². The SMILES string of the molecule is O=Cc1c(Cl)ccnc1-n1ccn2c3c(c(F)c2c1=O)CCCC3. The molecule has 3 heterocycles. The molecule has 1 aliphatic rings. The number of aldehydes is 1. The van der Waals surface area contributed by atoms with Crippen LogP contribution < -0.4 is 5.56 Å². The number of carbonyl (C=O) groups excluding carboxylic acids is 1. The topological polar surface area (TPSA) is 56.4 Å². The highest BCUT2D eigenvalue weighted by Crippen LogP contribution is 2.28. The standard InChI is InChI=1S/C17H13ClFN3O2/c18-12-5-6-20-16(11(12)9-23)22-8-7-21-13-4-2-1-3-10(13)14(19)15(21)17(22)24/h5-9H,1-4H2. The Morgan fingerprint density at radius 3 is 2.83 bits per heavy atom. The van der Waals surface area contributed by atoms with E-state index in [0.29, 0.717) is 18.3 Å². The fraction of sp³-hybridized carbons (Fsp3) is 0.235. The smallest absolute Gasteiger partial charge is 0.283 e. The van der Waals surface area contributed by atoms with Crippen molar-refractivity contribution in [1.29, 1.82) is 0 Å². The Bertz CT molecular complexity index is 1040. The Balaban J connectivity index is 2.05. The summed E-state index contributed by atoms with van der Waals surface area (Å²) in [6, 6.07) is 1.47. The van der Waals surface area contributed by atoms with Crippen molar-refractivity contribution in [2.24, 2.45) is 0 Å². The van der Waals surface area contributed by atoms with Gasteiger partial charge in [0.15, 0.2) is 17.9 Å². The number of hydrogen-bond donors (Lipinski definition) is 0. The molecule has 0 aromatic carbocycles. The van der Waals surface area contributed by atoms with Crippen LogP contribution >= 0.6 is 11.6 Å². The van der Waals surface area contributed by atoms with Crippen LogP contribution in [0.2, 0.25) is 5.02 Å². The lowest BCUT2D eigenvalue weighted by Crippen LogP contribution is -2.22. The summed E-state index contributed by atoms with van der Waals surface area (Å²) in [4.78, 5) is 28.2. The van der Waals surface area contributed by atoms with E-state index in [1.165, 1.54) is 23.0 Å². The van der Waals surface area contributed by atoms with Crippen molar-refractivity contribution in [3.05, 3.63) is 62.7 Å². The molecule has 4 rings (SSSR count). The van der Waals surface area contributed by atoms with Gasteiger partial charge in [-0.05, 0) is 31.7 Å². The number of nitrogens with zero attached hydrogens (tertiary/aromatic N) is 3. The van der Waals surface area contributed by atoms with Gasteiger partial charge in [0.1, 0.15) is 5.52 Å². The predicted octanol–water partition coefficient (Wildman–Crippen LogP) is 2.97. The van der Waals surface area contributed by atoms with Gasteiger partial charge in [0, 0.05) is 29.8 Å². The first-order valence-electron chi connectivity index (χ1n) is 7.66. The van der Waals surface area contributed by atoms with E-state index in [4.69, 9.17) is 11.6 Å². The molecule has 0 bridgehead atoms. The maximum Gasteiger partial charge on any atom is 0.283 e. The van der Waals surface area contributed by atoms with Crippen LogP contribution in [0, 0.1) is 5.82 Å². The van der Waals surface area contributed by atoms with Crippen LogP contribution in [0.1, 0.15) is 34.5 Å². The molecule has 0 saturated carbocycles. The summed E-state index contributed by atoms with van der Waals surface area (Å²) in [7, 11) is 0. The third kappa shape index (κ3) is 2.03. The molecule has 122 valence electrons. The van der Waals surface area contributed by atoms with Gasteiger partial charge in [-0.2, -0.15) is 0 Å². The van der Waals surface area contributed by atoms with Crippen LogP contribution in [0.3, 0.4) is 0 Å². The fourth-order valence-electron chi connectivity index (χ4n) is 3.36. The van der Waals surface area contributed by atoms with Gasteiger partial charge in [-0.25, -0.2) is 9.37 Å².